The van der Waals surface area contributed by atoms with Crippen molar-refractivity contribution in [3.8, 4) is 11.5 Å². The van der Waals surface area contributed by atoms with Gasteiger partial charge < -0.3 is 14.8 Å². The number of rotatable bonds is 7. The predicted molar refractivity (Wildman–Crippen MR) is 115 cm³/mol. The molecule has 0 heterocycles. The van der Waals surface area contributed by atoms with E-state index in [0.29, 0.717) is 29.7 Å². The molecule has 0 amide bonds. The third-order valence-corrected chi connectivity index (χ3v) is 4.98. The summed E-state index contributed by atoms with van der Waals surface area (Å²) in [6, 6.07) is 17.8. The zero-order valence-corrected chi connectivity index (χ0v) is 17.6. The van der Waals surface area contributed by atoms with Gasteiger partial charge in [-0.1, -0.05) is 23.7 Å². The van der Waals surface area contributed by atoms with Crippen LogP contribution in [0.15, 0.2) is 60.7 Å². The van der Waals surface area contributed by atoms with Crippen LogP contribution in [0.4, 0.5) is 10.1 Å². The molecule has 0 spiro atoms. The second kappa shape index (κ2) is 9.28. The van der Waals surface area contributed by atoms with Crippen molar-refractivity contribution in [3.05, 3.63) is 86.2 Å². The molecule has 0 saturated carbocycles. The first-order chi connectivity index (χ1) is 13.0. The van der Waals surface area contributed by atoms with Gasteiger partial charge in [-0.15, -0.1) is 0 Å². The highest BCUT2D eigenvalue weighted by atomic mass is 127. The topological polar surface area (TPSA) is 30.5 Å². The molecule has 0 radical (unpaired) electrons. The van der Waals surface area contributed by atoms with Crippen molar-refractivity contribution in [1.82, 2.24) is 0 Å². The van der Waals surface area contributed by atoms with E-state index in [4.69, 9.17) is 21.1 Å². The lowest BCUT2D eigenvalue weighted by atomic mass is 10.2. The Kier molecular flexibility index (Phi) is 6.79. The maximum atomic E-state index is 13.0. The highest BCUT2D eigenvalue weighted by Gasteiger charge is 2.12. The van der Waals surface area contributed by atoms with E-state index in [1.165, 1.54) is 12.1 Å². The molecule has 0 aliphatic rings. The molecule has 0 aliphatic heterocycles. The molecule has 1 N–H and O–H groups in total. The Morgan fingerprint density at radius 2 is 1.70 bits per heavy atom. The summed E-state index contributed by atoms with van der Waals surface area (Å²) in [5.41, 5.74) is 2.95. The molecular formula is C21H18ClFINO2. The van der Waals surface area contributed by atoms with Crippen molar-refractivity contribution in [2.75, 3.05) is 12.4 Å². The third-order valence-electron chi connectivity index (χ3n) is 3.93. The molecule has 6 heteroatoms. The average Bonchev–Trinajstić information content (AvgIpc) is 2.67. The van der Waals surface area contributed by atoms with Crippen LogP contribution in [0.5, 0.6) is 11.5 Å². The molecule has 140 valence electrons. The molecule has 27 heavy (non-hydrogen) atoms. The highest BCUT2D eigenvalue weighted by molar-refractivity contribution is 14.1. The third kappa shape index (κ3) is 5.49. The molecule has 0 aliphatic carbocycles. The van der Waals surface area contributed by atoms with Crippen molar-refractivity contribution in [1.29, 1.82) is 0 Å². The summed E-state index contributed by atoms with van der Waals surface area (Å²) in [5, 5.41) is 4.06. The molecule has 0 aromatic heterocycles. The van der Waals surface area contributed by atoms with E-state index in [-0.39, 0.29) is 5.82 Å². The van der Waals surface area contributed by atoms with Gasteiger partial charge in [0.1, 0.15) is 12.4 Å². The maximum Gasteiger partial charge on any atom is 0.174 e. The number of ether oxygens (including phenoxy) is 2. The van der Waals surface area contributed by atoms with Crippen LogP contribution in [0.3, 0.4) is 0 Å². The number of benzene rings is 3. The Hall–Kier alpha value is -1.99. The van der Waals surface area contributed by atoms with Gasteiger partial charge in [0.05, 0.1) is 10.7 Å². The fraction of sp³-hybridized carbons (Fsp3) is 0.143. The van der Waals surface area contributed by atoms with Crippen molar-refractivity contribution in [2.45, 2.75) is 13.2 Å². The monoisotopic (exact) mass is 497 g/mol. The summed E-state index contributed by atoms with van der Waals surface area (Å²) >= 11 is 8.14. The van der Waals surface area contributed by atoms with Gasteiger partial charge in [-0.3, -0.25) is 0 Å². The standard InChI is InChI=1S/C21H18ClFINO2/c1-26-20-11-15(12-25-18-8-4-16(22)5-9-18)10-19(24)21(20)27-13-14-2-6-17(23)7-3-14/h2-11,25H,12-13H2,1H3. The quantitative estimate of drug-likeness (QED) is 0.390. The molecule has 3 aromatic carbocycles. The molecular weight excluding hydrogens is 480 g/mol. The van der Waals surface area contributed by atoms with Crippen molar-refractivity contribution >= 4 is 39.9 Å². The van der Waals surface area contributed by atoms with Crippen molar-refractivity contribution in [3.63, 3.8) is 0 Å². The molecule has 0 bridgehead atoms. The molecule has 0 fully saturated rings. The van der Waals surface area contributed by atoms with E-state index >= 15 is 0 Å². The summed E-state index contributed by atoms with van der Waals surface area (Å²) in [4.78, 5) is 0. The number of hydrogen-bond donors (Lipinski definition) is 1. The number of methoxy groups -OCH3 is 1. The van der Waals surface area contributed by atoms with Gasteiger partial charge >= 0.3 is 0 Å². The highest BCUT2D eigenvalue weighted by Crippen LogP contribution is 2.34. The van der Waals surface area contributed by atoms with Crippen LogP contribution in [0.25, 0.3) is 0 Å². The molecule has 3 aromatic rings. The van der Waals surface area contributed by atoms with E-state index in [0.717, 1.165) is 20.4 Å². The van der Waals surface area contributed by atoms with Crippen LogP contribution in [0.1, 0.15) is 11.1 Å². The number of halogens is 3. The first kappa shape index (κ1) is 19.8. The zero-order chi connectivity index (χ0) is 19.2. The summed E-state index contributed by atoms with van der Waals surface area (Å²) in [5.74, 6) is 1.08. The van der Waals surface area contributed by atoms with Gasteiger partial charge in [0.15, 0.2) is 11.5 Å². The van der Waals surface area contributed by atoms with Gasteiger partial charge in [0.2, 0.25) is 0 Å². The SMILES string of the molecule is COc1cc(CNc2ccc(Cl)cc2)cc(I)c1OCc1ccc(F)cc1. The number of nitrogens with one attached hydrogen (secondary N) is 1. The largest absolute Gasteiger partial charge is 0.493 e. The minimum atomic E-state index is -0.261. The normalized spacial score (nSPS) is 10.5. The summed E-state index contributed by atoms with van der Waals surface area (Å²) in [6.45, 7) is 0.987. The van der Waals surface area contributed by atoms with Crippen LogP contribution in [-0.2, 0) is 13.2 Å². The maximum absolute atomic E-state index is 13.0. The molecule has 3 nitrogen and oxygen atoms in total. The number of anilines is 1. The second-order valence-corrected chi connectivity index (χ2v) is 7.48. The van der Waals surface area contributed by atoms with Crippen LogP contribution >= 0.6 is 34.2 Å². The average molecular weight is 498 g/mol. The van der Waals surface area contributed by atoms with E-state index in [1.807, 2.05) is 36.4 Å². The first-order valence-corrected chi connectivity index (χ1v) is 9.74. The van der Waals surface area contributed by atoms with Gasteiger partial charge in [-0.2, -0.15) is 0 Å². The smallest absolute Gasteiger partial charge is 0.174 e. The molecule has 0 atom stereocenters. The van der Waals surface area contributed by atoms with Gasteiger partial charge in [0.25, 0.3) is 0 Å². The lowest BCUT2D eigenvalue weighted by molar-refractivity contribution is 0.282. The molecule has 0 saturated heterocycles. The zero-order valence-electron chi connectivity index (χ0n) is 14.6. The van der Waals surface area contributed by atoms with Crippen LogP contribution < -0.4 is 14.8 Å². The Morgan fingerprint density at radius 3 is 2.37 bits per heavy atom. The van der Waals surface area contributed by atoms with Crippen LogP contribution in [-0.4, -0.2) is 7.11 Å². The Balaban J connectivity index is 1.70. The minimum absolute atomic E-state index is 0.261. The van der Waals surface area contributed by atoms with Gasteiger partial charge in [-0.05, 0) is 82.2 Å². The summed E-state index contributed by atoms with van der Waals surface area (Å²) in [7, 11) is 1.62. The van der Waals surface area contributed by atoms with Crippen LogP contribution in [0.2, 0.25) is 5.02 Å². The van der Waals surface area contributed by atoms with E-state index in [2.05, 4.69) is 27.9 Å². The Labute approximate surface area is 176 Å². The van der Waals surface area contributed by atoms with Gasteiger partial charge in [-0.25, -0.2) is 4.39 Å². The summed E-state index contributed by atoms with van der Waals surface area (Å²) in [6.07, 6.45) is 0. The second-order valence-electron chi connectivity index (χ2n) is 5.88. The lowest BCUT2D eigenvalue weighted by Gasteiger charge is -2.15. The number of hydrogen-bond acceptors (Lipinski definition) is 3. The lowest BCUT2D eigenvalue weighted by Crippen LogP contribution is -2.03. The van der Waals surface area contributed by atoms with Crippen molar-refractivity contribution in [2.24, 2.45) is 0 Å². The Morgan fingerprint density at radius 1 is 1.00 bits per heavy atom. The van der Waals surface area contributed by atoms with E-state index in [1.54, 1.807) is 19.2 Å². The molecule has 0 unspecified atom stereocenters. The van der Waals surface area contributed by atoms with E-state index in [9.17, 15) is 4.39 Å². The molecule has 3 rings (SSSR count). The van der Waals surface area contributed by atoms with Crippen molar-refractivity contribution < 1.29 is 13.9 Å². The van der Waals surface area contributed by atoms with Gasteiger partial charge in [0, 0.05) is 17.3 Å². The minimum Gasteiger partial charge on any atom is -0.493 e. The fourth-order valence-corrected chi connectivity index (χ4v) is 3.47. The predicted octanol–water partition coefficient (Wildman–Crippen LogP) is 6.28. The summed E-state index contributed by atoms with van der Waals surface area (Å²) < 4.78 is 25.4. The first-order valence-electron chi connectivity index (χ1n) is 8.28. The van der Waals surface area contributed by atoms with Crippen LogP contribution in [0, 0.1) is 9.39 Å². The Bertz CT molecular complexity index is 901. The fourth-order valence-electron chi connectivity index (χ4n) is 2.52. The van der Waals surface area contributed by atoms with E-state index < -0.39 is 0 Å².